The van der Waals surface area contributed by atoms with Crippen molar-refractivity contribution in [3.8, 4) is 33.6 Å². The van der Waals surface area contributed by atoms with Crippen molar-refractivity contribution in [3.63, 3.8) is 0 Å². The molecule has 0 aliphatic heterocycles. The fourth-order valence-corrected chi connectivity index (χ4v) is 22.0. The number of hydrogen-bond acceptors (Lipinski definition) is 8. The van der Waals surface area contributed by atoms with E-state index in [4.69, 9.17) is 8.83 Å². The van der Waals surface area contributed by atoms with Crippen LogP contribution in [0.2, 0.25) is 0 Å². The van der Waals surface area contributed by atoms with Gasteiger partial charge in [0.2, 0.25) is 0 Å². The third-order valence-corrected chi connectivity index (χ3v) is 26.8. The lowest BCUT2D eigenvalue weighted by molar-refractivity contribution is 0.669. The fraction of sp³-hybridized carbons (Fsp3) is 0. The summed E-state index contributed by atoms with van der Waals surface area (Å²) in [4.78, 5) is 4.71. The Hall–Kier alpha value is -13.3. The molecule has 0 amide bonds. The Labute approximate surface area is 646 Å². The lowest BCUT2D eigenvalue weighted by Gasteiger charge is -2.26. The van der Waals surface area contributed by atoms with Crippen molar-refractivity contribution in [2.75, 3.05) is 9.80 Å². The molecule has 0 aliphatic carbocycles. The predicted molar refractivity (Wildman–Crippen MR) is 473 cm³/mol. The standard InChI is InChI=1S/C50H30N2O2S.C50H30N2S3/c2*1-2-11-32(12-3-1)52-43-18-7-4-15-41(43)50-48(52)42-17-10-16-36(49(42)55-50)31-21-23-33(24-22-31)51(34-25-27-39-37-13-5-8-19-44(37)53-46(39)29-34)35-26-28-40-38-14-6-9-20-45(38)54-47(40)30-35/h2*1-30H. The molecule has 0 radical (unpaired) electrons. The Morgan fingerprint density at radius 1 is 0.209 bits per heavy atom. The van der Waals surface area contributed by atoms with E-state index in [0.717, 1.165) is 78.0 Å². The number of para-hydroxylation sites is 6. The van der Waals surface area contributed by atoms with Gasteiger partial charge < -0.3 is 27.8 Å². The van der Waals surface area contributed by atoms with Crippen molar-refractivity contribution in [3.05, 3.63) is 364 Å². The number of anilines is 6. The predicted octanol–water partition coefficient (Wildman–Crippen LogP) is 30.8. The molecule has 0 bridgehead atoms. The topological polar surface area (TPSA) is 42.6 Å². The molecule has 16 aromatic carbocycles. The summed E-state index contributed by atoms with van der Waals surface area (Å²) in [5, 5.41) is 14.8. The number of furan rings is 2. The first kappa shape index (κ1) is 62.8. The zero-order valence-electron chi connectivity index (χ0n) is 58.9. The van der Waals surface area contributed by atoms with Crippen LogP contribution in [0.25, 0.3) is 180 Å². The minimum atomic E-state index is 0.855. The van der Waals surface area contributed by atoms with E-state index in [2.05, 4.69) is 359 Å². The Kier molecular flexibility index (Phi) is 14.4. The average molecular weight is 1480 g/mol. The van der Waals surface area contributed by atoms with Crippen LogP contribution in [-0.2, 0) is 0 Å². The summed E-state index contributed by atoms with van der Waals surface area (Å²) in [5.74, 6) is 0. The second kappa shape index (κ2) is 25.1. The van der Waals surface area contributed by atoms with Gasteiger partial charge in [0.1, 0.15) is 22.3 Å². The van der Waals surface area contributed by atoms with Crippen molar-refractivity contribution >= 4 is 226 Å². The van der Waals surface area contributed by atoms with E-state index in [1.165, 1.54) is 136 Å². The highest BCUT2D eigenvalue weighted by atomic mass is 32.1. The average Bonchev–Trinajstić information content (AvgIpc) is 1.56. The highest BCUT2D eigenvalue weighted by molar-refractivity contribution is 7.28. The largest absolute Gasteiger partial charge is 0.456 e. The van der Waals surface area contributed by atoms with Crippen LogP contribution in [0, 0.1) is 0 Å². The van der Waals surface area contributed by atoms with Gasteiger partial charge >= 0.3 is 0 Å². The van der Waals surface area contributed by atoms with Crippen LogP contribution in [0.1, 0.15) is 0 Å². The molecule has 0 spiro atoms. The van der Waals surface area contributed by atoms with Crippen LogP contribution in [0.15, 0.2) is 373 Å². The molecule has 8 aromatic heterocycles. The van der Waals surface area contributed by atoms with Gasteiger partial charge in [0.05, 0.1) is 31.5 Å². The quantitative estimate of drug-likeness (QED) is 0.137. The van der Waals surface area contributed by atoms with Crippen LogP contribution in [-0.4, -0.2) is 9.13 Å². The van der Waals surface area contributed by atoms with E-state index in [9.17, 15) is 0 Å². The minimum Gasteiger partial charge on any atom is -0.456 e. The van der Waals surface area contributed by atoms with Gasteiger partial charge in [-0.1, -0.05) is 218 Å². The van der Waals surface area contributed by atoms with E-state index in [0.29, 0.717) is 0 Å². The van der Waals surface area contributed by atoms with Crippen molar-refractivity contribution in [1.82, 2.24) is 9.13 Å². The maximum absolute atomic E-state index is 6.38. The molecule has 0 saturated carbocycles. The first-order valence-electron chi connectivity index (χ1n) is 37.0. The van der Waals surface area contributed by atoms with Gasteiger partial charge in [-0.25, -0.2) is 0 Å². The number of benzene rings is 16. The van der Waals surface area contributed by atoms with Crippen LogP contribution in [0.5, 0.6) is 0 Å². The zero-order valence-corrected chi connectivity index (χ0v) is 62.1. The number of rotatable bonds is 10. The minimum absolute atomic E-state index is 0.855. The molecule has 110 heavy (non-hydrogen) atoms. The van der Waals surface area contributed by atoms with Gasteiger partial charge in [0.25, 0.3) is 0 Å². The highest BCUT2D eigenvalue weighted by Crippen LogP contribution is 2.51. The smallest absolute Gasteiger partial charge is 0.137 e. The van der Waals surface area contributed by atoms with Crippen LogP contribution in [0.4, 0.5) is 34.1 Å². The van der Waals surface area contributed by atoms with Gasteiger partial charge in [-0.15, -0.1) is 45.3 Å². The summed E-state index contributed by atoms with van der Waals surface area (Å²) in [7, 11) is 0. The van der Waals surface area contributed by atoms with Gasteiger partial charge in [0, 0.05) is 150 Å². The lowest BCUT2D eigenvalue weighted by atomic mass is 10.0. The second-order valence-corrected chi connectivity index (χ2v) is 32.4. The highest BCUT2D eigenvalue weighted by Gasteiger charge is 2.25. The third-order valence-electron chi connectivity index (χ3n) is 22.0. The van der Waals surface area contributed by atoms with Crippen LogP contribution in [0.3, 0.4) is 0 Å². The molecule has 6 nitrogen and oxygen atoms in total. The molecule has 0 N–H and O–H groups in total. The van der Waals surface area contributed by atoms with Gasteiger partial charge in [-0.05, 0) is 156 Å². The molecular formula is C100H60N4O2S4. The number of fused-ring (bicyclic) bond motifs is 22. The SMILES string of the molecule is c1ccc(-n2c3ccccc3c3sc4c(-c5ccc(N(c6ccc7c(c6)oc6ccccc67)c6ccc7c(c6)oc6ccccc67)cc5)cccc4c32)cc1.c1ccc(-n2c3ccccc3c3sc4c(-c5ccc(N(c6ccc7c(c6)sc6ccccc67)c6ccc7c(c6)sc6ccccc67)cc5)cccc4c32)cc1. The van der Waals surface area contributed by atoms with E-state index in [1.807, 2.05) is 69.6 Å². The summed E-state index contributed by atoms with van der Waals surface area (Å²) >= 11 is 7.53. The molecule has 0 aliphatic rings. The zero-order chi connectivity index (χ0) is 72.1. The van der Waals surface area contributed by atoms with Gasteiger partial charge in [-0.3, -0.25) is 0 Å². The van der Waals surface area contributed by atoms with Crippen molar-refractivity contribution in [2.24, 2.45) is 0 Å². The molecule has 0 atom stereocenters. The molecule has 0 fully saturated rings. The van der Waals surface area contributed by atoms with Gasteiger partial charge in [-0.2, -0.15) is 0 Å². The van der Waals surface area contributed by atoms with E-state index >= 15 is 0 Å². The lowest BCUT2D eigenvalue weighted by Crippen LogP contribution is -2.09. The van der Waals surface area contributed by atoms with Crippen molar-refractivity contribution < 1.29 is 8.83 Å². The first-order valence-corrected chi connectivity index (χ1v) is 40.3. The summed E-state index contributed by atoms with van der Waals surface area (Å²) < 4.78 is 28.1. The summed E-state index contributed by atoms with van der Waals surface area (Å²) in [6, 6.07) is 132. The first-order chi connectivity index (χ1) is 54.5. The molecule has 0 unspecified atom stereocenters. The maximum atomic E-state index is 6.38. The Balaban J connectivity index is 0.000000132. The normalized spacial score (nSPS) is 12.0. The molecule has 24 rings (SSSR count). The molecule has 0 saturated heterocycles. The monoisotopic (exact) mass is 1480 g/mol. The molecule has 8 heterocycles. The third kappa shape index (κ3) is 9.97. The summed E-state index contributed by atoms with van der Waals surface area (Å²) in [5.41, 5.74) is 22.2. The van der Waals surface area contributed by atoms with Crippen LogP contribution >= 0.6 is 45.3 Å². The Bertz CT molecular complexity index is 7110. The molecular weight excluding hydrogens is 1420 g/mol. The second-order valence-electron chi connectivity index (χ2n) is 28.2. The van der Waals surface area contributed by atoms with E-state index in [1.54, 1.807) is 0 Å². The number of thiophene rings is 4. The molecule has 10 heteroatoms. The van der Waals surface area contributed by atoms with Crippen LogP contribution < -0.4 is 9.80 Å². The Morgan fingerprint density at radius 2 is 0.536 bits per heavy atom. The molecule has 516 valence electrons. The van der Waals surface area contributed by atoms with E-state index < -0.39 is 0 Å². The van der Waals surface area contributed by atoms with Gasteiger partial charge in [0.15, 0.2) is 0 Å². The number of nitrogens with zero attached hydrogens (tertiary/aromatic N) is 4. The van der Waals surface area contributed by atoms with E-state index in [-0.39, 0.29) is 0 Å². The van der Waals surface area contributed by atoms with Crippen molar-refractivity contribution in [2.45, 2.75) is 0 Å². The number of aromatic nitrogens is 2. The van der Waals surface area contributed by atoms with Crippen molar-refractivity contribution in [1.29, 1.82) is 0 Å². The fourth-order valence-electron chi connectivity index (χ4n) is 17.0. The Morgan fingerprint density at radius 3 is 0.973 bits per heavy atom. The maximum Gasteiger partial charge on any atom is 0.137 e. The number of hydrogen-bond donors (Lipinski definition) is 0. The molecule has 24 aromatic rings. The summed E-state index contributed by atoms with van der Waals surface area (Å²) in [6.07, 6.45) is 0. The summed E-state index contributed by atoms with van der Waals surface area (Å²) in [6.45, 7) is 0.